The predicted octanol–water partition coefficient (Wildman–Crippen LogP) is 2.34. The predicted molar refractivity (Wildman–Crippen MR) is 115 cm³/mol. The van der Waals surface area contributed by atoms with E-state index in [0.717, 1.165) is 5.56 Å². The molecule has 9 nitrogen and oxygen atoms in total. The van der Waals surface area contributed by atoms with Gasteiger partial charge >= 0.3 is 5.97 Å². The SMILES string of the molecule is COc1ccc(NC(=O)CC(NCCc2ccc(OC)c(OC)c2)C(=O)O)c(OC)c1. The van der Waals surface area contributed by atoms with Crippen LogP contribution in [0.5, 0.6) is 23.0 Å². The third kappa shape index (κ3) is 6.78. The molecule has 0 saturated heterocycles. The zero-order valence-electron chi connectivity index (χ0n) is 18.1. The van der Waals surface area contributed by atoms with Crippen LogP contribution in [0.1, 0.15) is 12.0 Å². The first-order valence-corrected chi connectivity index (χ1v) is 9.60. The molecule has 168 valence electrons. The summed E-state index contributed by atoms with van der Waals surface area (Å²) in [6, 6.07) is 9.40. The average Bonchev–Trinajstić information content (AvgIpc) is 2.78. The molecule has 0 fully saturated rings. The van der Waals surface area contributed by atoms with Crippen LogP contribution >= 0.6 is 0 Å². The van der Waals surface area contributed by atoms with E-state index in [4.69, 9.17) is 18.9 Å². The number of aliphatic carboxylic acids is 1. The third-order valence-corrected chi connectivity index (χ3v) is 4.62. The van der Waals surface area contributed by atoms with E-state index >= 15 is 0 Å². The van der Waals surface area contributed by atoms with Crippen LogP contribution in [-0.2, 0) is 16.0 Å². The molecule has 0 heterocycles. The van der Waals surface area contributed by atoms with Gasteiger partial charge in [-0.05, 0) is 42.8 Å². The number of anilines is 1. The minimum Gasteiger partial charge on any atom is -0.497 e. The minimum atomic E-state index is -1.11. The highest BCUT2D eigenvalue weighted by Crippen LogP contribution is 2.29. The number of benzene rings is 2. The highest BCUT2D eigenvalue weighted by Gasteiger charge is 2.21. The van der Waals surface area contributed by atoms with Crippen molar-refractivity contribution in [3.63, 3.8) is 0 Å². The number of amides is 1. The van der Waals surface area contributed by atoms with Gasteiger partial charge in [-0.1, -0.05) is 6.07 Å². The van der Waals surface area contributed by atoms with Gasteiger partial charge in [-0.3, -0.25) is 9.59 Å². The Morgan fingerprint density at radius 2 is 1.61 bits per heavy atom. The standard InChI is InChI=1S/C22H28N2O7/c1-28-15-6-7-16(19(12-15)30-3)24-21(25)13-17(22(26)27)23-10-9-14-5-8-18(29-2)20(11-14)31-4/h5-8,11-12,17,23H,9-10,13H2,1-4H3,(H,24,25)(H,26,27). The number of carbonyl (C=O) groups is 2. The number of carboxylic acids is 1. The van der Waals surface area contributed by atoms with E-state index < -0.39 is 17.9 Å². The largest absolute Gasteiger partial charge is 0.497 e. The van der Waals surface area contributed by atoms with Gasteiger partial charge < -0.3 is 34.7 Å². The summed E-state index contributed by atoms with van der Waals surface area (Å²) in [6.07, 6.45) is 0.314. The first-order chi connectivity index (χ1) is 14.9. The van der Waals surface area contributed by atoms with Gasteiger partial charge in [0, 0.05) is 6.07 Å². The Hall–Kier alpha value is -3.46. The Bertz CT molecular complexity index is 901. The molecule has 0 aromatic heterocycles. The molecule has 1 amide bonds. The number of rotatable bonds is 12. The fraction of sp³-hybridized carbons (Fsp3) is 0.364. The zero-order valence-corrected chi connectivity index (χ0v) is 18.1. The maximum Gasteiger partial charge on any atom is 0.321 e. The summed E-state index contributed by atoms with van der Waals surface area (Å²) >= 11 is 0. The Morgan fingerprint density at radius 1 is 0.903 bits per heavy atom. The molecule has 0 spiro atoms. The molecule has 31 heavy (non-hydrogen) atoms. The normalized spacial score (nSPS) is 11.4. The topological polar surface area (TPSA) is 115 Å². The lowest BCUT2D eigenvalue weighted by molar-refractivity contribution is -0.141. The van der Waals surface area contributed by atoms with E-state index in [1.54, 1.807) is 38.5 Å². The lowest BCUT2D eigenvalue weighted by atomic mass is 10.1. The number of carboxylic acid groups (broad SMARTS) is 1. The van der Waals surface area contributed by atoms with Crippen LogP contribution in [0.3, 0.4) is 0 Å². The van der Waals surface area contributed by atoms with E-state index in [1.807, 2.05) is 12.1 Å². The number of methoxy groups -OCH3 is 4. The molecule has 9 heteroatoms. The second kappa shape index (κ2) is 11.7. The summed E-state index contributed by atoms with van der Waals surface area (Å²) in [5.74, 6) is 0.658. The maximum absolute atomic E-state index is 12.4. The number of nitrogens with one attached hydrogen (secondary N) is 2. The second-order valence-corrected chi connectivity index (χ2v) is 6.60. The van der Waals surface area contributed by atoms with Crippen LogP contribution in [0, 0.1) is 0 Å². The van der Waals surface area contributed by atoms with Crippen LogP contribution < -0.4 is 29.6 Å². The monoisotopic (exact) mass is 432 g/mol. The highest BCUT2D eigenvalue weighted by atomic mass is 16.5. The Balaban J connectivity index is 1.94. The Kier molecular flexibility index (Phi) is 8.95. The summed E-state index contributed by atoms with van der Waals surface area (Å²) in [5.41, 5.74) is 1.38. The summed E-state index contributed by atoms with van der Waals surface area (Å²) in [6.45, 7) is 0.367. The molecule has 2 aromatic carbocycles. The van der Waals surface area contributed by atoms with Gasteiger partial charge in [0.25, 0.3) is 0 Å². The van der Waals surface area contributed by atoms with Crippen LogP contribution in [0.15, 0.2) is 36.4 Å². The van der Waals surface area contributed by atoms with Crippen LogP contribution in [0.2, 0.25) is 0 Å². The van der Waals surface area contributed by atoms with Crippen molar-refractivity contribution in [3.8, 4) is 23.0 Å². The number of ether oxygens (including phenoxy) is 4. The summed E-state index contributed by atoms with van der Waals surface area (Å²) < 4.78 is 20.9. The molecule has 0 aliphatic carbocycles. The van der Waals surface area contributed by atoms with Gasteiger partial charge in [0.15, 0.2) is 11.5 Å². The molecule has 1 unspecified atom stereocenters. The van der Waals surface area contributed by atoms with Crippen LogP contribution in [-0.4, -0.2) is 58.0 Å². The van der Waals surface area contributed by atoms with Crippen LogP contribution in [0.4, 0.5) is 5.69 Å². The van der Waals surface area contributed by atoms with E-state index in [2.05, 4.69) is 10.6 Å². The van der Waals surface area contributed by atoms with E-state index in [0.29, 0.717) is 41.7 Å². The fourth-order valence-corrected chi connectivity index (χ4v) is 2.96. The molecule has 0 radical (unpaired) electrons. The molecule has 0 bridgehead atoms. The third-order valence-electron chi connectivity index (χ3n) is 4.62. The lowest BCUT2D eigenvalue weighted by Gasteiger charge is -2.16. The van der Waals surface area contributed by atoms with Crippen molar-refractivity contribution in [2.45, 2.75) is 18.9 Å². The highest BCUT2D eigenvalue weighted by molar-refractivity contribution is 5.95. The van der Waals surface area contributed by atoms with Crippen molar-refractivity contribution in [1.29, 1.82) is 0 Å². The first-order valence-electron chi connectivity index (χ1n) is 9.60. The van der Waals surface area contributed by atoms with Crippen molar-refractivity contribution in [2.75, 3.05) is 40.3 Å². The van der Waals surface area contributed by atoms with Gasteiger partial charge in [0.2, 0.25) is 5.91 Å². The van der Waals surface area contributed by atoms with Gasteiger partial charge in [-0.25, -0.2) is 0 Å². The van der Waals surface area contributed by atoms with Gasteiger partial charge in [-0.2, -0.15) is 0 Å². The molecule has 2 aromatic rings. The van der Waals surface area contributed by atoms with Crippen molar-refractivity contribution >= 4 is 17.6 Å². The molecular weight excluding hydrogens is 404 g/mol. The second-order valence-electron chi connectivity index (χ2n) is 6.60. The fourth-order valence-electron chi connectivity index (χ4n) is 2.96. The number of hydrogen-bond donors (Lipinski definition) is 3. The summed E-state index contributed by atoms with van der Waals surface area (Å²) in [5, 5.41) is 15.1. The number of carbonyl (C=O) groups excluding carboxylic acids is 1. The van der Waals surface area contributed by atoms with Crippen molar-refractivity contribution in [2.24, 2.45) is 0 Å². The summed E-state index contributed by atoms with van der Waals surface area (Å²) in [4.78, 5) is 24.0. The Morgan fingerprint density at radius 3 is 2.23 bits per heavy atom. The lowest BCUT2D eigenvalue weighted by Crippen LogP contribution is -2.40. The smallest absolute Gasteiger partial charge is 0.321 e. The van der Waals surface area contributed by atoms with Gasteiger partial charge in [0.05, 0.1) is 40.5 Å². The maximum atomic E-state index is 12.4. The van der Waals surface area contributed by atoms with E-state index in [-0.39, 0.29) is 6.42 Å². The quantitative estimate of drug-likeness (QED) is 0.468. The Labute approximate surface area is 181 Å². The molecule has 3 N–H and O–H groups in total. The van der Waals surface area contributed by atoms with Gasteiger partial charge in [-0.15, -0.1) is 0 Å². The number of hydrogen-bond acceptors (Lipinski definition) is 7. The van der Waals surface area contributed by atoms with Crippen molar-refractivity contribution in [1.82, 2.24) is 5.32 Å². The van der Waals surface area contributed by atoms with Crippen molar-refractivity contribution < 1.29 is 33.6 Å². The van der Waals surface area contributed by atoms with Gasteiger partial charge in [0.1, 0.15) is 17.5 Å². The van der Waals surface area contributed by atoms with E-state index in [9.17, 15) is 14.7 Å². The zero-order chi connectivity index (χ0) is 22.8. The molecule has 2 rings (SSSR count). The minimum absolute atomic E-state index is 0.240. The van der Waals surface area contributed by atoms with Crippen molar-refractivity contribution in [3.05, 3.63) is 42.0 Å². The molecule has 0 aliphatic heterocycles. The van der Waals surface area contributed by atoms with Crippen LogP contribution in [0.25, 0.3) is 0 Å². The molecule has 1 atom stereocenters. The molecule has 0 saturated carbocycles. The molecule has 0 aliphatic rings. The first kappa shape index (κ1) is 23.8. The van der Waals surface area contributed by atoms with E-state index in [1.165, 1.54) is 14.2 Å². The average molecular weight is 432 g/mol. The summed E-state index contributed by atoms with van der Waals surface area (Å²) in [7, 11) is 6.11. The molecular formula is C22H28N2O7.